The van der Waals surface area contributed by atoms with Crippen molar-refractivity contribution in [2.24, 2.45) is 4.99 Å². The van der Waals surface area contributed by atoms with Crippen molar-refractivity contribution in [1.82, 2.24) is 10.6 Å². The van der Waals surface area contributed by atoms with Crippen LogP contribution in [0.25, 0.3) is 0 Å². The quantitative estimate of drug-likeness (QED) is 0.340. The van der Waals surface area contributed by atoms with Gasteiger partial charge in [0.25, 0.3) is 0 Å². The van der Waals surface area contributed by atoms with Crippen molar-refractivity contribution in [3.05, 3.63) is 47.8 Å². The summed E-state index contributed by atoms with van der Waals surface area (Å²) in [6.07, 6.45) is 6.44. The van der Waals surface area contributed by atoms with E-state index in [0.29, 0.717) is 12.6 Å². The molecule has 0 saturated heterocycles. The average Bonchev–Trinajstić information content (AvgIpc) is 2.96. The van der Waals surface area contributed by atoms with Gasteiger partial charge in [0.15, 0.2) is 5.96 Å². The molecule has 1 aromatic rings. The number of hydrogen-bond donors (Lipinski definition) is 2. The molecule has 0 aromatic heterocycles. The lowest BCUT2D eigenvalue weighted by Crippen LogP contribution is -2.46. The fourth-order valence-corrected chi connectivity index (χ4v) is 2.44. The highest BCUT2D eigenvalue weighted by molar-refractivity contribution is 14.0. The third-order valence-electron chi connectivity index (χ3n) is 3.88. The van der Waals surface area contributed by atoms with Gasteiger partial charge in [-0.2, -0.15) is 0 Å². The van der Waals surface area contributed by atoms with Crippen LogP contribution >= 0.6 is 24.0 Å². The highest BCUT2D eigenvalue weighted by atomic mass is 127. The molecule has 2 rings (SSSR count). The minimum Gasteiger partial charge on any atom is -0.356 e. The number of rotatable bonds is 4. The molecule has 1 aromatic carbocycles. The topological polar surface area (TPSA) is 36.4 Å². The van der Waals surface area contributed by atoms with Crippen LogP contribution in [0.2, 0.25) is 0 Å². The Morgan fingerprint density at radius 1 is 1.32 bits per heavy atom. The van der Waals surface area contributed by atoms with Crippen molar-refractivity contribution in [3.8, 4) is 0 Å². The molecule has 22 heavy (non-hydrogen) atoms. The van der Waals surface area contributed by atoms with Gasteiger partial charge in [0.05, 0.1) is 0 Å². The normalized spacial score (nSPS) is 15.5. The molecule has 3 nitrogen and oxygen atoms in total. The third-order valence-corrected chi connectivity index (χ3v) is 3.88. The van der Waals surface area contributed by atoms with E-state index in [2.05, 4.69) is 41.6 Å². The van der Waals surface area contributed by atoms with Crippen LogP contribution in [0.3, 0.4) is 0 Å². The Balaban J connectivity index is 0.00000242. The lowest BCUT2D eigenvalue weighted by Gasteiger charge is -2.27. The van der Waals surface area contributed by atoms with E-state index in [1.165, 1.54) is 6.07 Å². The Kier molecular flexibility index (Phi) is 7.32. The molecule has 0 unspecified atom stereocenters. The van der Waals surface area contributed by atoms with Gasteiger partial charge >= 0.3 is 0 Å². The first kappa shape index (κ1) is 18.9. The average molecular weight is 417 g/mol. The van der Waals surface area contributed by atoms with E-state index in [0.717, 1.165) is 24.4 Å². The van der Waals surface area contributed by atoms with Crippen LogP contribution in [0.5, 0.6) is 0 Å². The number of guanidine groups is 1. The van der Waals surface area contributed by atoms with Gasteiger partial charge in [0.1, 0.15) is 5.82 Å². The van der Waals surface area contributed by atoms with Crippen molar-refractivity contribution in [3.63, 3.8) is 0 Å². The molecule has 0 bridgehead atoms. The van der Waals surface area contributed by atoms with Crippen molar-refractivity contribution in [2.45, 2.75) is 38.1 Å². The summed E-state index contributed by atoms with van der Waals surface area (Å²) in [5, 5.41) is 6.75. The molecule has 0 aliphatic heterocycles. The van der Waals surface area contributed by atoms with Gasteiger partial charge in [-0.05, 0) is 30.5 Å². The van der Waals surface area contributed by atoms with E-state index < -0.39 is 0 Å². The van der Waals surface area contributed by atoms with Gasteiger partial charge in [-0.3, -0.25) is 4.99 Å². The Morgan fingerprint density at radius 2 is 2.00 bits per heavy atom. The van der Waals surface area contributed by atoms with Crippen LogP contribution in [-0.4, -0.2) is 25.6 Å². The molecule has 1 aliphatic rings. The van der Waals surface area contributed by atoms with Crippen LogP contribution in [0.1, 0.15) is 32.3 Å². The molecule has 0 spiro atoms. The first-order valence-electron chi connectivity index (χ1n) is 7.39. The molecule has 0 heterocycles. The molecule has 1 aliphatic carbocycles. The van der Waals surface area contributed by atoms with Crippen molar-refractivity contribution in [2.75, 3.05) is 13.6 Å². The van der Waals surface area contributed by atoms with E-state index in [1.54, 1.807) is 19.2 Å². The molecule has 2 N–H and O–H groups in total. The SMILES string of the molecule is CN=C(NCC(C)(C)c1cccc(F)c1)NC1CC=CC1.I. The smallest absolute Gasteiger partial charge is 0.191 e. The minimum atomic E-state index is -0.194. The van der Waals surface area contributed by atoms with Gasteiger partial charge in [-0.1, -0.05) is 38.1 Å². The van der Waals surface area contributed by atoms with E-state index in [-0.39, 0.29) is 35.2 Å². The summed E-state index contributed by atoms with van der Waals surface area (Å²) in [7, 11) is 1.77. The summed E-state index contributed by atoms with van der Waals surface area (Å²) in [5.74, 6) is 0.605. The number of halogens is 2. The predicted molar refractivity (Wildman–Crippen MR) is 102 cm³/mol. The molecule has 0 saturated carbocycles. The number of benzene rings is 1. The highest BCUT2D eigenvalue weighted by Gasteiger charge is 2.22. The molecule has 0 radical (unpaired) electrons. The summed E-state index contributed by atoms with van der Waals surface area (Å²) in [6, 6.07) is 7.21. The second-order valence-electron chi connectivity index (χ2n) is 6.10. The molecule has 0 atom stereocenters. The number of nitrogens with one attached hydrogen (secondary N) is 2. The molecule has 122 valence electrons. The van der Waals surface area contributed by atoms with Crippen LogP contribution in [0.15, 0.2) is 41.4 Å². The van der Waals surface area contributed by atoms with Crippen LogP contribution in [0.4, 0.5) is 4.39 Å². The van der Waals surface area contributed by atoms with Crippen LogP contribution in [-0.2, 0) is 5.41 Å². The van der Waals surface area contributed by atoms with Gasteiger partial charge in [0, 0.05) is 25.0 Å². The fourth-order valence-electron chi connectivity index (χ4n) is 2.44. The maximum Gasteiger partial charge on any atom is 0.191 e. The molecule has 5 heteroatoms. The number of hydrogen-bond acceptors (Lipinski definition) is 1. The van der Waals surface area contributed by atoms with E-state index in [1.807, 2.05) is 6.07 Å². The fraction of sp³-hybridized carbons (Fsp3) is 0.471. The third kappa shape index (κ3) is 5.26. The Hall–Kier alpha value is -1.11. The second kappa shape index (κ2) is 8.50. The van der Waals surface area contributed by atoms with Gasteiger partial charge in [-0.25, -0.2) is 4.39 Å². The Bertz CT molecular complexity index is 532. The Morgan fingerprint density at radius 3 is 2.59 bits per heavy atom. The summed E-state index contributed by atoms with van der Waals surface area (Å²) >= 11 is 0. The van der Waals surface area contributed by atoms with Crippen molar-refractivity contribution >= 4 is 29.9 Å². The van der Waals surface area contributed by atoms with Crippen LogP contribution < -0.4 is 10.6 Å². The van der Waals surface area contributed by atoms with Gasteiger partial charge < -0.3 is 10.6 Å². The maximum absolute atomic E-state index is 13.4. The highest BCUT2D eigenvalue weighted by Crippen LogP contribution is 2.22. The number of nitrogens with zero attached hydrogens (tertiary/aromatic N) is 1. The van der Waals surface area contributed by atoms with Gasteiger partial charge in [0.2, 0.25) is 0 Å². The monoisotopic (exact) mass is 417 g/mol. The standard InChI is InChI=1S/C17H24FN3.HI/c1-17(2,13-7-6-8-14(18)11-13)12-20-16(19-3)21-15-9-4-5-10-15;/h4-8,11,15H,9-10,12H2,1-3H3,(H2,19,20,21);1H. The zero-order valence-electron chi connectivity index (χ0n) is 13.4. The van der Waals surface area contributed by atoms with E-state index >= 15 is 0 Å². The van der Waals surface area contributed by atoms with Gasteiger partial charge in [-0.15, -0.1) is 24.0 Å². The summed E-state index contributed by atoms with van der Waals surface area (Å²) in [5.41, 5.74) is 0.807. The van der Waals surface area contributed by atoms with E-state index in [4.69, 9.17) is 0 Å². The summed E-state index contributed by atoms with van der Waals surface area (Å²) in [4.78, 5) is 4.26. The molecule has 0 fully saturated rings. The van der Waals surface area contributed by atoms with Crippen LogP contribution in [0, 0.1) is 5.82 Å². The molecular formula is C17H25FIN3. The maximum atomic E-state index is 13.4. The first-order chi connectivity index (χ1) is 10.0. The minimum absolute atomic E-state index is 0. The lowest BCUT2D eigenvalue weighted by molar-refractivity contribution is 0.499. The zero-order valence-corrected chi connectivity index (χ0v) is 15.7. The van der Waals surface area contributed by atoms with Crippen molar-refractivity contribution < 1.29 is 4.39 Å². The predicted octanol–water partition coefficient (Wildman–Crippen LogP) is 3.60. The van der Waals surface area contributed by atoms with Crippen molar-refractivity contribution in [1.29, 1.82) is 0 Å². The summed E-state index contributed by atoms with van der Waals surface area (Å²) < 4.78 is 13.4. The number of aliphatic imine (C=N–C) groups is 1. The largest absolute Gasteiger partial charge is 0.356 e. The molecular weight excluding hydrogens is 392 g/mol. The van der Waals surface area contributed by atoms with E-state index in [9.17, 15) is 4.39 Å². The first-order valence-corrected chi connectivity index (χ1v) is 7.39. The lowest BCUT2D eigenvalue weighted by atomic mass is 9.84. The molecule has 0 amide bonds. The Labute approximate surface area is 149 Å². The second-order valence-corrected chi connectivity index (χ2v) is 6.10. The summed E-state index contributed by atoms with van der Waals surface area (Å²) in [6.45, 7) is 4.88. The zero-order chi connectivity index (χ0) is 15.3.